The predicted molar refractivity (Wildman–Crippen MR) is 42.4 cm³/mol. The largest absolute Gasteiger partial charge is 0.613 e. The molecule has 0 rings (SSSR count). The van der Waals surface area contributed by atoms with E-state index in [-0.39, 0.29) is 10.7 Å². The second kappa shape index (κ2) is 3.32. The zero-order chi connectivity index (χ0) is 8.36. The van der Waals surface area contributed by atoms with E-state index in [2.05, 4.69) is 0 Å². The maximum atomic E-state index is 11.3. The van der Waals surface area contributed by atoms with E-state index in [0.29, 0.717) is 0 Å². The third-order valence-electron chi connectivity index (χ3n) is 1.87. The van der Waals surface area contributed by atoms with Gasteiger partial charge < -0.3 is 5.21 Å². The summed E-state index contributed by atoms with van der Waals surface area (Å²) in [5, 5.41) is 13.2. The lowest BCUT2D eigenvalue weighted by atomic mass is 10.0. The summed E-state index contributed by atoms with van der Waals surface area (Å²) in [5.74, 6) is 0. The zero-order valence-corrected chi connectivity index (χ0v) is 7.56. The fourth-order valence-electron chi connectivity index (χ4n) is 0.757. The van der Waals surface area contributed by atoms with Crippen molar-refractivity contribution in [1.82, 2.24) is 5.01 Å². The van der Waals surface area contributed by atoms with Crippen LogP contribution in [-0.2, 0) is 0 Å². The Morgan fingerprint density at radius 2 is 1.80 bits per heavy atom. The number of nitrogens with one attached hydrogen (secondary N) is 1. The Morgan fingerprint density at radius 1 is 1.40 bits per heavy atom. The standard InChI is InChI=1S/C7H18N2O/c1-6-7(2,3)9(10)8(4)5/h9H,6H2,1-5H3. The lowest BCUT2D eigenvalue weighted by Gasteiger charge is -2.40. The molecule has 3 nitrogen and oxygen atoms in total. The van der Waals surface area contributed by atoms with Crippen LogP contribution >= 0.6 is 0 Å². The second-order valence-electron chi connectivity index (χ2n) is 3.44. The van der Waals surface area contributed by atoms with Crippen LogP contribution in [0.25, 0.3) is 0 Å². The molecule has 3 heteroatoms. The van der Waals surface area contributed by atoms with Gasteiger partial charge >= 0.3 is 0 Å². The van der Waals surface area contributed by atoms with Crippen LogP contribution in [0.2, 0.25) is 0 Å². The molecule has 0 saturated heterocycles. The van der Waals surface area contributed by atoms with Crippen LogP contribution in [0.5, 0.6) is 0 Å². The Balaban J connectivity index is 4.03. The fourth-order valence-corrected chi connectivity index (χ4v) is 0.757. The number of hydrogen-bond acceptors (Lipinski definition) is 2. The Hall–Kier alpha value is -0.120. The highest BCUT2D eigenvalue weighted by Gasteiger charge is 2.24. The Morgan fingerprint density at radius 3 is 1.90 bits per heavy atom. The summed E-state index contributed by atoms with van der Waals surface area (Å²) < 4.78 is 0. The first-order valence-corrected chi connectivity index (χ1v) is 3.63. The maximum absolute atomic E-state index is 11.3. The quantitative estimate of drug-likeness (QED) is 0.570. The summed E-state index contributed by atoms with van der Waals surface area (Å²) >= 11 is 0. The van der Waals surface area contributed by atoms with Crippen LogP contribution in [0, 0.1) is 5.21 Å². The summed E-state index contributed by atoms with van der Waals surface area (Å²) in [6, 6.07) is 0. The molecule has 1 atom stereocenters. The van der Waals surface area contributed by atoms with Crippen LogP contribution in [0.15, 0.2) is 0 Å². The van der Waals surface area contributed by atoms with Crippen molar-refractivity contribution in [3.05, 3.63) is 5.21 Å². The molecule has 0 aliphatic carbocycles. The number of rotatable bonds is 3. The first-order chi connectivity index (χ1) is 4.41. The van der Waals surface area contributed by atoms with E-state index < -0.39 is 0 Å². The van der Waals surface area contributed by atoms with Gasteiger partial charge in [0.1, 0.15) is 5.54 Å². The Labute approximate surface area is 63.2 Å². The average molecular weight is 146 g/mol. The van der Waals surface area contributed by atoms with Gasteiger partial charge in [-0.3, -0.25) is 5.17 Å². The highest BCUT2D eigenvalue weighted by molar-refractivity contribution is 4.61. The molecule has 0 saturated carbocycles. The fraction of sp³-hybridized carbons (Fsp3) is 1.00. The highest BCUT2D eigenvalue weighted by atomic mass is 16.6. The molecule has 0 aromatic rings. The lowest BCUT2D eigenvalue weighted by Crippen LogP contribution is -3.20. The molecular formula is C7H18N2O. The smallest absolute Gasteiger partial charge is 0.109 e. The maximum Gasteiger partial charge on any atom is 0.109 e. The van der Waals surface area contributed by atoms with E-state index in [0.717, 1.165) is 6.42 Å². The normalized spacial score (nSPS) is 15.9. The number of hydroxylamine groups is 1. The molecule has 1 N–H and O–H groups in total. The van der Waals surface area contributed by atoms with Crippen molar-refractivity contribution in [3.63, 3.8) is 0 Å². The van der Waals surface area contributed by atoms with Crippen LogP contribution in [0.4, 0.5) is 0 Å². The van der Waals surface area contributed by atoms with Crippen molar-refractivity contribution in [2.24, 2.45) is 0 Å². The Kier molecular flexibility index (Phi) is 3.28. The molecule has 0 spiro atoms. The van der Waals surface area contributed by atoms with E-state index in [4.69, 9.17) is 0 Å². The summed E-state index contributed by atoms with van der Waals surface area (Å²) in [6.45, 7) is 5.96. The minimum atomic E-state index is -0.191. The monoisotopic (exact) mass is 146 g/mol. The third-order valence-corrected chi connectivity index (χ3v) is 1.87. The van der Waals surface area contributed by atoms with Gasteiger partial charge in [-0.2, -0.15) is 5.01 Å². The van der Waals surface area contributed by atoms with Gasteiger partial charge in [0.2, 0.25) is 0 Å². The molecule has 62 valence electrons. The number of quaternary nitrogens is 1. The molecular weight excluding hydrogens is 128 g/mol. The van der Waals surface area contributed by atoms with Gasteiger partial charge in [-0.15, -0.1) is 0 Å². The van der Waals surface area contributed by atoms with Crippen molar-refractivity contribution >= 4 is 0 Å². The predicted octanol–water partition coefficient (Wildman–Crippen LogP) is 0.0343. The van der Waals surface area contributed by atoms with E-state index in [1.807, 2.05) is 20.8 Å². The average Bonchev–Trinajstić information content (AvgIpc) is 1.86. The summed E-state index contributed by atoms with van der Waals surface area (Å²) in [5.41, 5.74) is -0.191. The molecule has 0 aliphatic rings. The molecule has 0 aromatic heterocycles. The first-order valence-electron chi connectivity index (χ1n) is 3.63. The minimum absolute atomic E-state index is 0.191. The molecule has 0 bridgehead atoms. The summed E-state index contributed by atoms with van der Waals surface area (Å²) in [6.07, 6.45) is 0.893. The third kappa shape index (κ3) is 2.25. The van der Waals surface area contributed by atoms with Gasteiger partial charge in [-0.1, -0.05) is 6.92 Å². The van der Waals surface area contributed by atoms with Crippen LogP contribution in [0.1, 0.15) is 27.2 Å². The minimum Gasteiger partial charge on any atom is -0.613 e. The van der Waals surface area contributed by atoms with Gasteiger partial charge in [-0.25, -0.2) is 0 Å². The molecule has 0 aromatic carbocycles. The molecule has 0 amide bonds. The van der Waals surface area contributed by atoms with Crippen LogP contribution < -0.4 is 5.17 Å². The number of hydrogen-bond donors (Lipinski definition) is 1. The van der Waals surface area contributed by atoms with Crippen molar-refractivity contribution < 1.29 is 5.17 Å². The molecule has 1 unspecified atom stereocenters. The topological polar surface area (TPSA) is 30.7 Å². The zero-order valence-electron chi connectivity index (χ0n) is 7.56. The second-order valence-corrected chi connectivity index (χ2v) is 3.44. The van der Waals surface area contributed by atoms with Gasteiger partial charge in [0.15, 0.2) is 0 Å². The van der Waals surface area contributed by atoms with Gasteiger partial charge in [-0.05, 0) is 13.8 Å². The van der Waals surface area contributed by atoms with Crippen molar-refractivity contribution in [2.75, 3.05) is 14.1 Å². The number of nitrogens with zero attached hydrogens (tertiary/aromatic N) is 1. The Bertz CT molecular complexity index is 102. The van der Waals surface area contributed by atoms with E-state index in [1.165, 1.54) is 0 Å². The van der Waals surface area contributed by atoms with Crippen molar-refractivity contribution in [3.8, 4) is 0 Å². The van der Waals surface area contributed by atoms with E-state index >= 15 is 0 Å². The van der Waals surface area contributed by atoms with Gasteiger partial charge in [0.05, 0.1) is 0 Å². The van der Waals surface area contributed by atoms with Crippen LogP contribution in [-0.4, -0.2) is 24.6 Å². The van der Waals surface area contributed by atoms with E-state index in [9.17, 15) is 5.21 Å². The summed E-state index contributed by atoms with van der Waals surface area (Å²) in [4.78, 5) is 0. The molecule has 0 fully saturated rings. The summed E-state index contributed by atoms with van der Waals surface area (Å²) in [7, 11) is 3.58. The van der Waals surface area contributed by atoms with Crippen molar-refractivity contribution in [1.29, 1.82) is 0 Å². The molecule has 10 heavy (non-hydrogen) atoms. The molecule has 0 radical (unpaired) electrons. The van der Waals surface area contributed by atoms with E-state index in [1.54, 1.807) is 19.1 Å². The molecule has 0 aliphatic heterocycles. The first kappa shape index (κ1) is 9.88. The van der Waals surface area contributed by atoms with Gasteiger partial charge in [0, 0.05) is 20.5 Å². The van der Waals surface area contributed by atoms with Crippen molar-refractivity contribution in [2.45, 2.75) is 32.7 Å². The van der Waals surface area contributed by atoms with Crippen LogP contribution in [0.3, 0.4) is 0 Å². The SMILES string of the molecule is CCC(C)(C)[NH+]([O-])N(C)C. The molecule has 0 heterocycles. The lowest BCUT2D eigenvalue weighted by molar-refractivity contribution is -1.01. The highest BCUT2D eigenvalue weighted by Crippen LogP contribution is 2.00. The van der Waals surface area contributed by atoms with Gasteiger partial charge in [0.25, 0.3) is 0 Å².